The molecule has 0 radical (unpaired) electrons. The van der Waals surface area contributed by atoms with Gasteiger partial charge in [-0.25, -0.2) is 9.78 Å². The summed E-state index contributed by atoms with van der Waals surface area (Å²) in [6.07, 6.45) is 2.03. The summed E-state index contributed by atoms with van der Waals surface area (Å²) in [6.45, 7) is 6.03. The van der Waals surface area contributed by atoms with E-state index in [0.29, 0.717) is 10.6 Å². The number of anilines is 1. The molecule has 112 valence electrons. The Morgan fingerprint density at radius 2 is 1.81 bits per heavy atom. The third-order valence-corrected chi connectivity index (χ3v) is 4.22. The second-order valence-electron chi connectivity index (χ2n) is 4.83. The fraction of sp³-hybridized carbons (Fsp3) is 0.375. The first-order valence-corrected chi connectivity index (χ1v) is 8.03. The Morgan fingerprint density at radius 3 is 2.33 bits per heavy atom. The molecule has 0 saturated carbocycles. The molecule has 2 rings (SSSR count). The molecule has 0 saturated heterocycles. The molecule has 0 unspecified atom stereocenters. The molecule has 0 atom stereocenters. The van der Waals surface area contributed by atoms with Gasteiger partial charge in [0.2, 0.25) is 0 Å². The number of carboxylic acid groups (broad SMARTS) is 1. The van der Waals surface area contributed by atoms with Gasteiger partial charge in [-0.3, -0.25) is 0 Å². The average molecular weight is 304 g/mol. The number of thiazole rings is 1. The number of carboxylic acids is 1. The first-order chi connectivity index (χ1) is 10.2. The molecule has 0 spiro atoms. The van der Waals surface area contributed by atoms with Crippen LogP contribution in [-0.2, 0) is 0 Å². The van der Waals surface area contributed by atoms with Gasteiger partial charge < -0.3 is 10.0 Å². The summed E-state index contributed by atoms with van der Waals surface area (Å²) in [4.78, 5) is 18.6. The number of aromatic carboxylic acids is 1. The van der Waals surface area contributed by atoms with E-state index < -0.39 is 5.97 Å². The number of benzene rings is 1. The minimum Gasteiger partial charge on any atom is -0.477 e. The van der Waals surface area contributed by atoms with Gasteiger partial charge in [-0.1, -0.05) is 55.5 Å². The first kappa shape index (κ1) is 15.5. The lowest BCUT2D eigenvalue weighted by atomic mass is 10.1. The van der Waals surface area contributed by atoms with E-state index >= 15 is 0 Å². The highest BCUT2D eigenvalue weighted by Crippen LogP contribution is 2.33. The molecule has 1 heterocycles. The smallest absolute Gasteiger partial charge is 0.348 e. The van der Waals surface area contributed by atoms with E-state index in [1.54, 1.807) is 0 Å². The Labute approximate surface area is 129 Å². The predicted molar refractivity (Wildman–Crippen MR) is 87.3 cm³/mol. The van der Waals surface area contributed by atoms with Crippen molar-refractivity contribution in [1.29, 1.82) is 0 Å². The van der Waals surface area contributed by atoms with Crippen LogP contribution in [0.3, 0.4) is 0 Å². The van der Waals surface area contributed by atoms with Crippen LogP contribution in [0.15, 0.2) is 30.3 Å². The average Bonchev–Trinajstić information content (AvgIpc) is 2.93. The maximum Gasteiger partial charge on any atom is 0.348 e. The SMILES string of the molecule is CCCN(CCC)c1nc(-c2ccccc2)c(C(=O)O)s1. The van der Waals surface area contributed by atoms with E-state index in [-0.39, 0.29) is 0 Å². The molecule has 1 aromatic carbocycles. The number of aromatic nitrogens is 1. The number of hydrogen-bond donors (Lipinski definition) is 1. The number of carbonyl (C=O) groups is 1. The molecule has 0 fully saturated rings. The zero-order valence-electron chi connectivity index (χ0n) is 12.4. The summed E-state index contributed by atoms with van der Waals surface area (Å²) < 4.78 is 0. The second-order valence-corrected chi connectivity index (χ2v) is 5.81. The minimum atomic E-state index is -0.912. The van der Waals surface area contributed by atoms with Crippen LogP contribution in [0.2, 0.25) is 0 Å². The third kappa shape index (κ3) is 3.61. The molecule has 0 aliphatic heterocycles. The van der Waals surface area contributed by atoms with Gasteiger partial charge in [0.25, 0.3) is 0 Å². The van der Waals surface area contributed by atoms with Gasteiger partial charge >= 0.3 is 5.97 Å². The van der Waals surface area contributed by atoms with Crippen LogP contribution in [-0.4, -0.2) is 29.1 Å². The van der Waals surface area contributed by atoms with Gasteiger partial charge in [0.15, 0.2) is 5.13 Å². The molecule has 1 aromatic heterocycles. The zero-order chi connectivity index (χ0) is 15.2. The highest BCUT2D eigenvalue weighted by Gasteiger charge is 2.21. The lowest BCUT2D eigenvalue weighted by Gasteiger charge is -2.19. The molecular formula is C16H20N2O2S. The lowest BCUT2D eigenvalue weighted by Crippen LogP contribution is -2.24. The van der Waals surface area contributed by atoms with E-state index in [4.69, 9.17) is 0 Å². The molecular weight excluding hydrogens is 284 g/mol. The minimum absolute atomic E-state index is 0.313. The van der Waals surface area contributed by atoms with E-state index in [1.165, 1.54) is 11.3 Å². The van der Waals surface area contributed by atoms with Crippen molar-refractivity contribution in [3.05, 3.63) is 35.2 Å². The topological polar surface area (TPSA) is 53.4 Å². The van der Waals surface area contributed by atoms with Crippen LogP contribution in [0.4, 0.5) is 5.13 Å². The summed E-state index contributed by atoms with van der Waals surface area (Å²) >= 11 is 1.27. The van der Waals surface area contributed by atoms with Crippen molar-refractivity contribution in [1.82, 2.24) is 4.98 Å². The van der Waals surface area contributed by atoms with Gasteiger partial charge in [-0.05, 0) is 12.8 Å². The van der Waals surface area contributed by atoms with Gasteiger partial charge in [-0.15, -0.1) is 0 Å². The summed E-state index contributed by atoms with van der Waals surface area (Å²) in [7, 11) is 0. The van der Waals surface area contributed by atoms with Crippen LogP contribution in [0.25, 0.3) is 11.3 Å². The van der Waals surface area contributed by atoms with E-state index in [1.807, 2.05) is 30.3 Å². The molecule has 0 amide bonds. The molecule has 21 heavy (non-hydrogen) atoms. The van der Waals surface area contributed by atoms with Crippen LogP contribution in [0.1, 0.15) is 36.4 Å². The quantitative estimate of drug-likeness (QED) is 0.835. The van der Waals surface area contributed by atoms with Crippen LogP contribution < -0.4 is 4.90 Å². The fourth-order valence-corrected chi connectivity index (χ4v) is 3.20. The Bertz CT molecular complexity index is 590. The largest absolute Gasteiger partial charge is 0.477 e. The van der Waals surface area contributed by atoms with Gasteiger partial charge in [0.1, 0.15) is 4.88 Å². The molecule has 5 heteroatoms. The standard InChI is InChI=1S/C16H20N2O2S/c1-3-10-18(11-4-2)16-17-13(14(21-16)15(19)20)12-8-6-5-7-9-12/h5-9H,3-4,10-11H2,1-2H3,(H,19,20). The maximum absolute atomic E-state index is 11.5. The summed E-state index contributed by atoms with van der Waals surface area (Å²) in [5.74, 6) is -0.912. The van der Waals surface area contributed by atoms with Crippen molar-refractivity contribution in [2.45, 2.75) is 26.7 Å². The van der Waals surface area contributed by atoms with E-state index in [2.05, 4.69) is 23.7 Å². The van der Waals surface area contributed by atoms with Gasteiger partial charge in [0.05, 0.1) is 5.69 Å². The van der Waals surface area contributed by atoms with Crippen molar-refractivity contribution in [3.63, 3.8) is 0 Å². The van der Waals surface area contributed by atoms with Gasteiger partial charge in [-0.2, -0.15) is 0 Å². The fourth-order valence-electron chi connectivity index (χ4n) is 2.22. The molecule has 4 nitrogen and oxygen atoms in total. The van der Waals surface area contributed by atoms with Crippen molar-refractivity contribution >= 4 is 22.4 Å². The van der Waals surface area contributed by atoms with Crippen LogP contribution >= 0.6 is 11.3 Å². The summed E-state index contributed by atoms with van der Waals surface area (Å²) in [6, 6.07) is 9.51. The summed E-state index contributed by atoms with van der Waals surface area (Å²) in [5, 5.41) is 10.2. The zero-order valence-corrected chi connectivity index (χ0v) is 13.2. The van der Waals surface area contributed by atoms with Crippen molar-refractivity contribution in [2.75, 3.05) is 18.0 Å². The molecule has 1 N–H and O–H groups in total. The Hall–Kier alpha value is -1.88. The van der Waals surface area contributed by atoms with E-state index in [0.717, 1.165) is 36.6 Å². The number of rotatable bonds is 7. The molecule has 0 aliphatic carbocycles. The van der Waals surface area contributed by atoms with E-state index in [9.17, 15) is 9.90 Å². The number of nitrogens with zero attached hydrogens (tertiary/aromatic N) is 2. The lowest BCUT2D eigenvalue weighted by molar-refractivity contribution is 0.0702. The summed E-state index contributed by atoms with van der Waals surface area (Å²) in [5.41, 5.74) is 1.42. The second kappa shape index (κ2) is 7.22. The Kier molecular flexibility index (Phi) is 5.33. The van der Waals surface area contributed by atoms with Crippen LogP contribution in [0, 0.1) is 0 Å². The monoisotopic (exact) mass is 304 g/mol. The molecule has 0 aliphatic rings. The third-order valence-electron chi connectivity index (χ3n) is 3.11. The predicted octanol–water partition coefficient (Wildman–Crippen LogP) is 4.13. The van der Waals surface area contributed by atoms with Crippen molar-refractivity contribution in [2.24, 2.45) is 0 Å². The highest BCUT2D eigenvalue weighted by atomic mass is 32.1. The Balaban J connectivity index is 2.43. The van der Waals surface area contributed by atoms with Gasteiger partial charge in [0, 0.05) is 18.7 Å². The van der Waals surface area contributed by atoms with Crippen molar-refractivity contribution in [3.8, 4) is 11.3 Å². The highest BCUT2D eigenvalue weighted by molar-refractivity contribution is 7.17. The normalized spacial score (nSPS) is 10.6. The number of hydrogen-bond acceptors (Lipinski definition) is 4. The van der Waals surface area contributed by atoms with Crippen molar-refractivity contribution < 1.29 is 9.90 Å². The van der Waals surface area contributed by atoms with Crippen LogP contribution in [0.5, 0.6) is 0 Å². The molecule has 2 aromatic rings. The molecule has 0 bridgehead atoms. The Morgan fingerprint density at radius 1 is 1.19 bits per heavy atom. The maximum atomic E-state index is 11.5. The first-order valence-electron chi connectivity index (χ1n) is 7.21.